The number of aliphatic hydroxyl groups excluding tert-OH is 1. The van der Waals surface area contributed by atoms with Gasteiger partial charge in [0, 0.05) is 23.6 Å². The summed E-state index contributed by atoms with van der Waals surface area (Å²) in [6.45, 7) is 0. The maximum atomic E-state index is 11.0. The fraction of sp³-hybridized carbons (Fsp3) is 0.417. The van der Waals surface area contributed by atoms with Crippen LogP contribution >= 0.6 is 35.7 Å². The summed E-state index contributed by atoms with van der Waals surface area (Å²) in [5, 5.41) is 17.8. The Morgan fingerprint density at radius 1 is 1.37 bits per heavy atom. The number of rotatable bonds is 4. The summed E-state index contributed by atoms with van der Waals surface area (Å²) in [6.07, 6.45) is 5.83. The normalized spacial score (nSPS) is 23.4. The molecule has 4 nitrogen and oxygen atoms in total. The first-order valence-electron chi connectivity index (χ1n) is 5.71. The zero-order valence-electron chi connectivity index (χ0n) is 9.98. The van der Waals surface area contributed by atoms with Crippen LogP contribution in [0.15, 0.2) is 28.8 Å². The van der Waals surface area contributed by atoms with Crippen molar-refractivity contribution in [3.63, 3.8) is 0 Å². The van der Waals surface area contributed by atoms with E-state index < -0.39 is 16.9 Å². The second-order valence-electron chi connectivity index (χ2n) is 4.02. The first-order chi connectivity index (χ1) is 9.08. The van der Waals surface area contributed by atoms with E-state index in [1.807, 2.05) is 29.6 Å². The van der Waals surface area contributed by atoms with Gasteiger partial charge in [-0.3, -0.25) is 9.79 Å². The number of hydrogen-bond acceptors (Lipinski definition) is 5. The highest BCUT2D eigenvalue weighted by Gasteiger charge is 2.26. The van der Waals surface area contributed by atoms with Gasteiger partial charge in [-0.15, -0.1) is 23.5 Å². The first kappa shape index (κ1) is 14.6. The zero-order chi connectivity index (χ0) is 13.8. The number of carboxylic acids is 1. The van der Waals surface area contributed by atoms with Crippen molar-refractivity contribution >= 4 is 52.5 Å². The summed E-state index contributed by atoms with van der Waals surface area (Å²) >= 11 is 8.22. The van der Waals surface area contributed by atoms with Crippen molar-refractivity contribution in [1.29, 1.82) is 0 Å². The molecule has 1 aliphatic carbocycles. The predicted molar refractivity (Wildman–Crippen MR) is 84.3 cm³/mol. The van der Waals surface area contributed by atoms with E-state index in [9.17, 15) is 9.90 Å². The third-order valence-corrected chi connectivity index (χ3v) is 5.69. The lowest BCUT2D eigenvalue weighted by Crippen LogP contribution is -2.24. The monoisotopic (exact) mass is 315 g/mol. The largest absolute Gasteiger partial charge is 0.501 e. The average molecular weight is 315 g/mol. The Balaban J connectivity index is 2.05. The van der Waals surface area contributed by atoms with E-state index in [0.29, 0.717) is 12.0 Å². The lowest BCUT2D eigenvalue weighted by molar-refractivity contribution is -0.138. The van der Waals surface area contributed by atoms with Crippen LogP contribution in [0, 0.1) is 5.92 Å². The smallest absolute Gasteiger partial charge is 0.319 e. The number of nitrogens with zero attached hydrogens (tertiary/aromatic N) is 1. The molecular weight excluding hydrogens is 302 g/mol. The van der Waals surface area contributed by atoms with E-state index in [2.05, 4.69) is 17.2 Å². The third kappa shape index (κ3) is 3.84. The number of allylic oxidation sites excluding steroid dienone is 3. The molecule has 1 atom stereocenters. The third-order valence-electron chi connectivity index (χ3n) is 2.72. The molecule has 1 heterocycles. The number of carboxylic acid groups (broad SMARTS) is 1. The highest BCUT2D eigenvalue weighted by molar-refractivity contribution is 8.20. The SMILES string of the molecule is O=C(O)C(C(O)=S)C1=CCC(=NC2SCCS2)C=C1. The van der Waals surface area contributed by atoms with Gasteiger partial charge in [0.2, 0.25) is 0 Å². The average Bonchev–Trinajstić information content (AvgIpc) is 2.83. The Bertz CT molecular complexity index is 465. The van der Waals surface area contributed by atoms with Crippen LogP contribution in [0.5, 0.6) is 0 Å². The van der Waals surface area contributed by atoms with E-state index in [1.165, 1.54) is 0 Å². The highest BCUT2D eigenvalue weighted by atomic mass is 32.2. The molecule has 102 valence electrons. The molecule has 1 unspecified atom stereocenters. The lowest BCUT2D eigenvalue weighted by Gasteiger charge is -2.15. The molecule has 0 spiro atoms. The second kappa shape index (κ2) is 6.58. The molecule has 0 aromatic rings. The van der Waals surface area contributed by atoms with E-state index in [4.69, 9.17) is 5.11 Å². The maximum Gasteiger partial charge on any atom is 0.319 e. The molecular formula is C12H13NO3S3. The van der Waals surface area contributed by atoms with Gasteiger partial charge in [-0.2, -0.15) is 0 Å². The van der Waals surface area contributed by atoms with Gasteiger partial charge in [0.1, 0.15) is 10.6 Å². The van der Waals surface area contributed by atoms with E-state index in [0.717, 1.165) is 17.2 Å². The maximum absolute atomic E-state index is 11.0. The minimum atomic E-state index is -1.13. The molecule has 0 aromatic carbocycles. The van der Waals surface area contributed by atoms with Crippen molar-refractivity contribution < 1.29 is 15.0 Å². The molecule has 0 aromatic heterocycles. The van der Waals surface area contributed by atoms with Crippen LogP contribution < -0.4 is 0 Å². The molecule has 2 rings (SSSR count). The summed E-state index contributed by atoms with van der Waals surface area (Å²) in [5.41, 5.74) is 1.45. The van der Waals surface area contributed by atoms with Gasteiger partial charge < -0.3 is 10.2 Å². The van der Waals surface area contributed by atoms with E-state index in [1.54, 1.807) is 12.2 Å². The molecule has 0 radical (unpaired) electrons. The number of aliphatic hydroxyl groups is 1. The Morgan fingerprint density at radius 2 is 2.05 bits per heavy atom. The van der Waals surface area contributed by atoms with Crippen LogP contribution in [0.4, 0.5) is 0 Å². The molecule has 1 fully saturated rings. The van der Waals surface area contributed by atoms with Crippen molar-refractivity contribution in [2.24, 2.45) is 10.9 Å². The van der Waals surface area contributed by atoms with Crippen LogP contribution in [-0.4, -0.2) is 43.2 Å². The summed E-state index contributed by atoms with van der Waals surface area (Å²) in [4.78, 5) is 15.6. The molecule has 0 bridgehead atoms. The zero-order valence-corrected chi connectivity index (χ0v) is 12.4. The van der Waals surface area contributed by atoms with Gasteiger partial charge in [-0.1, -0.05) is 12.2 Å². The molecule has 2 aliphatic rings. The minimum absolute atomic E-state index is 0.254. The minimum Gasteiger partial charge on any atom is -0.501 e. The topological polar surface area (TPSA) is 69.9 Å². The Morgan fingerprint density at radius 3 is 2.53 bits per heavy atom. The van der Waals surface area contributed by atoms with Gasteiger partial charge in [0.25, 0.3) is 0 Å². The number of hydrogen-bond donors (Lipinski definition) is 2. The summed E-state index contributed by atoms with van der Waals surface area (Å²) < 4.78 is 0.254. The van der Waals surface area contributed by atoms with Gasteiger partial charge in [0.05, 0.1) is 0 Å². The van der Waals surface area contributed by atoms with Crippen molar-refractivity contribution in [2.75, 3.05) is 11.5 Å². The van der Waals surface area contributed by atoms with Gasteiger partial charge >= 0.3 is 5.97 Å². The quantitative estimate of drug-likeness (QED) is 0.777. The number of thioether (sulfide) groups is 2. The lowest BCUT2D eigenvalue weighted by atomic mass is 9.94. The van der Waals surface area contributed by atoms with Gasteiger partial charge in [-0.05, 0) is 23.9 Å². The number of thiocarbonyl (C=S) groups is 1. The van der Waals surface area contributed by atoms with Crippen LogP contribution in [0.3, 0.4) is 0 Å². The van der Waals surface area contributed by atoms with E-state index in [-0.39, 0.29) is 4.71 Å². The Hall–Kier alpha value is -0.790. The predicted octanol–water partition coefficient (Wildman–Crippen LogP) is 2.66. The van der Waals surface area contributed by atoms with Crippen LogP contribution in [0.2, 0.25) is 0 Å². The van der Waals surface area contributed by atoms with Gasteiger partial charge in [0.15, 0.2) is 5.05 Å². The van der Waals surface area contributed by atoms with Crippen molar-refractivity contribution in [1.82, 2.24) is 0 Å². The van der Waals surface area contributed by atoms with Crippen LogP contribution in [-0.2, 0) is 4.79 Å². The fourth-order valence-corrected chi connectivity index (χ4v) is 4.60. The summed E-state index contributed by atoms with van der Waals surface area (Å²) in [5.74, 6) is -0.0122. The van der Waals surface area contributed by atoms with Crippen LogP contribution in [0.25, 0.3) is 0 Å². The summed E-state index contributed by atoms with van der Waals surface area (Å²) in [7, 11) is 0. The molecule has 19 heavy (non-hydrogen) atoms. The summed E-state index contributed by atoms with van der Waals surface area (Å²) in [6, 6.07) is 0. The van der Waals surface area contributed by atoms with Gasteiger partial charge in [-0.25, -0.2) is 0 Å². The number of carbonyl (C=O) groups is 1. The fourth-order valence-electron chi connectivity index (χ4n) is 1.81. The molecule has 1 aliphatic heterocycles. The standard InChI is InChI=1S/C12H13NO3S3/c14-10(15)9(11(16)17)7-1-3-8(4-2-7)13-12-18-5-6-19-12/h1-3,9,12H,4-6H2,(H,14,15)(H,16,17). The molecule has 0 saturated carbocycles. The number of aliphatic carboxylic acids is 1. The molecule has 1 saturated heterocycles. The van der Waals surface area contributed by atoms with Crippen molar-refractivity contribution in [3.8, 4) is 0 Å². The molecule has 0 amide bonds. The molecule has 7 heteroatoms. The molecule has 2 N–H and O–H groups in total. The van der Waals surface area contributed by atoms with Crippen molar-refractivity contribution in [2.45, 2.75) is 11.1 Å². The Kier molecular flexibility index (Phi) is 5.06. The van der Waals surface area contributed by atoms with Crippen molar-refractivity contribution in [3.05, 3.63) is 23.8 Å². The first-order valence-corrected chi connectivity index (χ1v) is 8.22. The highest BCUT2D eigenvalue weighted by Crippen LogP contribution is 2.33. The second-order valence-corrected chi connectivity index (χ2v) is 7.11. The number of aliphatic imine (C=N–C) groups is 1. The van der Waals surface area contributed by atoms with E-state index >= 15 is 0 Å². The van der Waals surface area contributed by atoms with Crippen LogP contribution in [0.1, 0.15) is 6.42 Å². The Labute approximate surface area is 125 Å².